The Morgan fingerprint density at radius 3 is 0.419 bits per heavy atom. The molecule has 6 aromatic heterocycles. The molecule has 10 nitrogen and oxygen atoms in total. The predicted molar refractivity (Wildman–Crippen MR) is 266 cm³/mol. The molecule has 2 radical (unpaired) electrons. The molecule has 6 rings (SSSR count). The second-order valence-electron chi connectivity index (χ2n) is 10.6. The van der Waals surface area contributed by atoms with Crippen LogP contribution < -0.4 is 0 Å². The van der Waals surface area contributed by atoms with E-state index in [0.717, 1.165) is 38.5 Å². The summed E-state index contributed by atoms with van der Waals surface area (Å²) in [5.74, 6) is 0. The molecular weight excluding hydrogens is 939 g/mol. The van der Waals surface area contributed by atoms with Crippen LogP contribution in [0.15, 0.2) is 147 Å². The van der Waals surface area contributed by atoms with Gasteiger partial charge in [0, 0.05) is 74.4 Å². The molecule has 0 fully saturated rings. The fourth-order valence-electron chi connectivity index (χ4n) is 3.71. The number of pyridine rings is 6. The van der Waals surface area contributed by atoms with Crippen molar-refractivity contribution in [1.29, 1.82) is 0 Å². The van der Waals surface area contributed by atoms with Crippen LogP contribution in [0.2, 0.25) is 0 Å². The van der Waals surface area contributed by atoms with Crippen LogP contribution in [0, 0.1) is 0 Å². The van der Waals surface area contributed by atoms with Gasteiger partial charge in [-0.2, -0.15) is 20.6 Å². The van der Waals surface area contributed by atoms with Gasteiger partial charge in [-0.25, -0.2) is 0 Å². The Morgan fingerprint density at radius 1 is 0.290 bits per heavy atom. The molecule has 0 aromatic carbocycles. The van der Waals surface area contributed by atoms with Crippen LogP contribution in [-0.2, 0) is 72.1 Å². The first-order chi connectivity index (χ1) is 29.2. The van der Waals surface area contributed by atoms with Crippen LogP contribution in [-0.4, -0.2) is 50.5 Å². The first kappa shape index (κ1) is 68.8. The number of isothiocyanates is 4. The number of hydrogen-bond donors (Lipinski definition) is 0. The van der Waals surface area contributed by atoms with Crippen LogP contribution in [0.5, 0.6) is 0 Å². The molecule has 0 saturated heterocycles. The van der Waals surface area contributed by atoms with Crippen molar-refractivity contribution in [3.05, 3.63) is 202 Å². The molecule has 0 unspecified atom stereocenters. The molecule has 62 heavy (non-hydrogen) atoms. The van der Waals surface area contributed by atoms with E-state index in [0.29, 0.717) is 0 Å². The molecule has 6 aromatic rings. The number of thiocarbonyl (C=S) groups is 4. The molecule has 330 valence electrons. The minimum absolute atomic E-state index is 0. The third-order valence-electron chi connectivity index (χ3n) is 6.95. The normalized spacial score (nSPS) is 7.58. The van der Waals surface area contributed by atoms with Crippen LogP contribution in [0.25, 0.3) is 21.6 Å². The maximum absolute atomic E-state index is 7.13. The molecular formula is C46H54Co2N10S4. The standard InChI is InChI=1S/6C7H9N.4CNS.2Co/c6*1-2-7-3-5-8-6-4-7;4*2-1-3;;/h6*3-6H,2H2,1H3;;;;;;/q;;;;;;4*-1;2*+2. The second-order valence-corrected chi connectivity index (χ2v) is 11.3. The Bertz CT molecular complexity index is 1540. The van der Waals surface area contributed by atoms with E-state index >= 15 is 0 Å². The zero-order chi connectivity index (χ0) is 45.7. The van der Waals surface area contributed by atoms with E-state index in [1.54, 1.807) is 0 Å². The number of rotatable bonds is 6. The summed E-state index contributed by atoms with van der Waals surface area (Å²) in [7, 11) is 0. The molecule has 0 saturated carbocycles. The Morgan fingerprint density at radius 2 is 0.371 bits per heavy atom. The maximum atomic E-state index is 7.13. The zero-order valence-electron chi connectivity index (χ0n) is 35.9. The van der Waals surface area contributed by atoms with E-state index < -0.39 is 0 Å². The molecule has 0 bridgehead atoms. The van der Waals surface area contributed by atoms with Gasteiger partial charge in [0.1, 0.15) is 0 Å². The van der Waals surface area contributed by atoms with Gasteiger partial charge < -0.3 is 21.6 Å². The quantitative estimate of drug-likeness (QED) is 0.116. The van der Waals surface area contributed by atoms with E-state index in [9.17, 15) is 0 Å². The maximum Gasteiger partial charge on any atom is 2.00 e. The van der Waals surface area contributed by atoms with Gasteiger partial charge in [-0.15, -0.1) is 0 Å². The predicted octanol–water partition coefficient (Wildman–Crippen LogP) is 12.5. The van der Waals surface area contributed by atoms with Gasteiger partial charge in [0.05, 0.1) is 0 Å². The summed E-state index contributed by atoms with van der Waals surface area (Å²) in [6.07, 6.45) is 28.4. The van der Waals surface area contributed by atoms with Crippen molar-refractivity contribution in [3.63, 3.8) is 0 Å². The summed E-state index contributed by atoms with van der Waals surface area (Å²) in [5, 5.41) is 33.9. The fraction of sp³-hybridized carbons (Fsp3) is 0.261. The Hall–Kier alpha value is -4.89. The van der Waals surface area contributed by atoms with Gasteiger partial charge in [-0.3, -0.25) is 29.9 Å². The van der Waals surface area contributed by atoms with Gasteiger partial charge in [-0.05, 0) is 145 Å². The van der Waals surface area contributed by atoms with Gasteiger partial charge in [0.25, 0.3) is 0 Å². The third kappa shape index (κ3) is 53.1. The summed E-state index contributed by atoms with van der Waals surface area (Å²) < 4.78 is 0. The van der Waals surface area contributed by atoms with Crippen LogP contribution in [0.4, 0.5) is 0 Å². The van der Waals surface area contributed by atoms with E-state index in [-0.39, 0.29) is 33.6 Å². The zero-order valence-corrected chi connectivity index (χ0v) is 41.2. The van der Waals surface area contributed by atoms with Crippen molar-refractivity contribution in [1.82, 2.24) is 29.9 Å². The number of hydrogen-bond acceptors (Lipinski definition) is 10. The minimum Gasteiger partial charge on any atom is -0.753 e. The van der Waals surface area contributed by atoms with Crippen molar-refractivity contribution in [2.45, 2.75) is 80.1 Å². The van der Waals surface area contributed by atoms with Crippen LogP contribution >= 0.6 is 48.9 Å². The van der Waals surface area contributed by atoms with Gasteiger partial charge in [0.15, 0.2) is 0 Å². The molecule has 0 amide bonds. The van der Waals surface area contributed by atoms with E-state index in [1.165, 1.54) is 54.0 Å². The average molecular weight is 993 g/mol. The molecule has 0 aliphatic carbocycles. The number of aryl methyl sites for hydroxylation is 6. The van der Waals surface area contributed by atoms with Gasteiger partial charge >= 0.3 is 33.6 Å². The number of aromatic nitrogens is 6. The Labute approximate surface area is 412 Å². The molecule has 0 aliphatic heterocycles. The smallest absolute Gasteiger partial charge is 0.753 e. The molecule has 0 N–H and O–H groups in total. The van der Waals surface area contributed by atoms with Crippen molar-refractivity contribution in [2.24, 2.45) is 0 Å². The molecule has 0 atom stereocenters. The Kier molecular flexibility index (Phi) is 67.1. The van der Waals surface area contributed by atoms with Crippen molar-refractivity contribution < 1.29 is 33.6 Å². The minimum atomic E-state index is 0. The first-order valence-electron chi connectivity index (χ1n) is 18.6. The summed E-state index contributed by atoms with van der Waals surface area (Å²) in [5.41, 5.74) is 8.08. The first-order valence-corrected chi connectivity index (χ1v) is 20.3. The topological polar surface area (TPSA) is 167 Å². The summed E-state index contributed by atoms with van der Waals surface area (Å²) >= 11 is 14.8. The van der Waals surface area contributed by atoms with Crippen molar-refractivity contribution >= 4 is 69.5 Å². The van der Waals surface area contributed by atoms with Crippen molar-refractivity contribution in [3.8, 4) is 0 Å². The third-order valence-corrected chi connectivity index (χ3v) is 6.95. The van der Waals surface area contributed by atoms with Gasteiger partial charge in [-0.1, -0.05) is 90.4 Å². The van der Waals surface area contributed by atoms with Gasteiger partial charge in [0.2, 0.25) is 0 Å². The monoisotopic (exact) mass is 992 g/mol. The summed E-state index contributed by atoms with van der Waals surface area (Å²) in [6, 6.07) is 24.3. The van der Waals surface area contributed by atoms with E-state index in [1.807, 2.05) is 147 Å². The Balaban J connectivity index is -0.000000143. The second kappa shape index (κ2) is 60.4. The summed E-state index contributed by atoms with van der Waals surface area (Å²) in [4.78, 5) is 23.4. The summed E-state index contributed by atoms with van der Waals surface area (Å²) in [6.45, 7) is 12.8. The largest absolute Gasteiger partial charge is 2.00 e. The fourth-order valence-corrected chi connectivity index (χ4v) is 3.71. The SMILES string of the molecule is CCc1ccncc1.CCc1ccncc1.CCc1ccncc1.CCc1ccncc1.CCc1ccncc1.CCc1ccncc1.[Co+2].[Co+2].[N-]=C=S.[N-]=C=S.[N-]=C=S.[N-]=C=S. The van der Waals surface area contributed by atoms with E-state index in [2.05, 4.69) is 120 Å². The van der Waals surface area contributed by atoms with Crippen LogP contribution in [0.3, 0.4) is 0 Å². The molecule has 0 aliphatic rings. The molecule has 6 heterocycles. The van der Waals surface area contributed by atoms with E-state index in [4.69, 9.17) is 21.6 Å². The number of nitrogens with zero attached hydrogens (tertiary/aromatic N) is 10. The average Bonchev–Trinajstić information content (AvgIpc) is 3.32. The molecule has 0 spiro atoms. The van der Waals surface area contributed by atoms with Crippen molar-refractivity contribution in [2.75, 3.05) is 0 Å². The molecule has 16 heteroatoms. The van der Waals surface area contributed by atoms with Crippen LogP contribution in [0.1, 0.15) is 74.9 Å².